The average Bonchev–Trinajstić information content (AvgIpc) is 2.68. The van der Waals surface area contributed by atoms with Crippen LogP contribution in [0.25, 0.3) is 0 Å². The van der Waals surface area contributed by atoms with E-state index in [9.17, 15) is 17.6 Å². The molecule has 0 unspecified atom stereocenters. The van der Waals surface area contributed by atoms with Crippen molar-refractivity contribution in [1.29, 1.82) is 0 Å². The van der Waals surface area contributed by atoms with Gasteiger partial charge in [0.15, 0.2) is 11.5 Å². The number of benzene rings is 2. The van der Waals surface area contributed by atoms with Crippen LogP contribution in [0.3, 0.4) is 0 Å². The molecular formula is C19H23FN2O5S. The van der Waals surface area contributed by atoms with Gasteiger partial charge in [-0.3, -0.25) is 4.79 Å². The van der Waals surface area contributed by atoms with Crippen molar-refractivity contribution in [2.24, 2.45) is 0 Å². The number of hydrogen-bond donors (Lipinski definition) is 2. The van der Waals surface area contributed by atoms with Crippen molar-refractivity contribution in [3.63, 3.8) is 0 Å². The smallest absolute Gasteiger partial charge is 0.251 e. The fraction of sp³-hybridized carbons (Fsp3) is 0.316. The summed E-state index contributed by atoms with van der Waals surface area (Å²) in [5.41, 5.74) is 1.16. The predicted molar refractivity (Wildman–Crippen MR) is 104 cm³/mol. The fourth-order valence-electron chi connectivity index (χ4n) is 2.46. The van der Waals surface area contributed by atoms with Crippen LogP contribution in [-0.4, -0.2) is 47.4 Å². The van der Waals surface area contributed by atoms with E-state index in [1.54, 1.807) is 19.2 Å². The molecule has 0 fully saturated rings. The van der Waals surface area contributed by atoms with Gasteiger partial charge in [0.25, 0.3) is 5.91 Å². The number of amides is 1. The van der Waals surface area contributed by atoms with Crippen molar-refractivity contribution in [1.82, 2.24) is 10.0 Å². The van der Waals surface area contributed by atoms with Crippen LogP contribution >= 0.6 is 0 Å². The van der Waals surface area contributed by atoms with Crippen LogP contribution in [0.4, 0.5) is 4.39 Å². The molecule has 152 valence electrons. The van der Waals surface area contributed by atoms with Gasteiger partial charge in [-0.05, 0) is 48.4 Å². The minimum Gasteiger partial charge on any atom is -0.493 e. The first-order chi connectivity index (χ1) is 13.3. The number of hydrogen-bond acceptors (Lipinski definition) is 5. The van der Waals surface area contributed by atoms with Gasteiger partial charge in [0.1, 0.15) is 5.82 Å². The molecule has 0 radical (unpaired) electrons. The Morgan fingerprint density at radius 2 is 1.68 bits per heavy atom. The molecule has 28 heavy (non-hydrogen) atoms. The Hall–Kier alpha value is -2.65. The average molecular weight is 410 g/mol. The van der Waals surface area contributed by atoms with Gasteiger partial charge < -0.3 is 14.8 Å². The Morgan fingerprint density at radius 3 is 2.32 bits per heavy atom. The van der Waals surface area contributed by atoms with Gasteiger partial charge in [0.2, 0.25) is 10.0 Å². The van der Waals surface area contributed by atoms with Crippen LogP contribution in [-0.2, 0) is 16.4 Å². The van der Waals surface area contributed by atoms with E-state index >= 15 is 0 Å². The van der Waals surface area contributed by atoms with Crippen molar-refractivity contribution >= 4 is 15.9 Å². The van der Waals surface area contributed by atoms with Gasteiger partial charge in [-0.25, -0.2) is 17.5 Å². The third kappa shape index (κ3) is 6.50. The molecule has 2 aromatic carbocycles. The highest BCUT2D eigenvalue weighted by atomic mass is 32.2. The Labute approximate surface area is 163 Å². The number of ether oxygens (including phenoxy) is 2. The minimum atomic E-state index is -3.55. The Balaban J connectivity index is 1.77. The Bertz CT molecular complexity index is 901. The molecule has 2 rings (SSSR count). The molecule has 7 nitrogen and oxygen atoms in total. The van der Waals surface area contributed by atoms with Crippen molar-refractivity contribution in [2.45, 2.75) is 6.42 Å². The second kappa shape index (κ2) is 10.0. The maximum Gasteiger partial charge on any atom is 0.251 e. The molecular weight excluding hydrogens is 387 g/mol. The highest BCUT2D eigenvalue weighted by Crippen LogP contribution is 2.27. The summed E-state index contributed by atoms with van der Waals surface area (Å²) in [7, 11) is -0.471. The molecule has 0 aliphatic heterocycles. The number of methoxy groups -OCH3 is 2. The highest BCUT2D eigenvalue weighted by Gasteiger charge is 2.12. The summed E-state index contributed by atoms with van der Waals surface area (Å²) >= 11 is 0. The van der Waals surface area contributed by atoms with Crippen molar-refractivity contribution in [3.05, 3.63) is 59.4 Å². The molecule has 0 heterocycles. The zero-order valence-corrected chi connectivity index (χ0v) is 16.5. The summed E-state index contributed by atoms with van der Waals surface area (Å²) in [6.45, 7) is 0.158. The number of carbonyl (C=O) groups excluding carboxylic acids is 1. The number of carbonyl (C=O) groups is 1. The minimum absolute atomic E-state index is 0.0537. The summed E-state index contributed by atoms with van der Waals surface area (Å²) in [4.78, 5) is 11.9. The first kappa shape index (κ1) is 21.6. The van der Waals surface area contributed by atoms with E-state index in [0.29, 0.717) is 17.9 Å². The quantitative estimate of drug-likeness (QED) is 0.622. The number of nitrogens with one attached hydrogen (secondary N) is 2. The maximum atomic E-state index is 12.8. The lowest BCUT2D eigenvalue weighted by Crippen LogP contribution is -2.35. The van der Waals surface area contributed by atoms with Crippen LogP contribution in [0.15, 0.2) is 42.5 Å². The molecule has 1 amide bonds. The van der Waals surface area contributed by atoms with Crippen LogP contribution in [0.2, 0.25) is 0 Å². The van der Waals surface area contributed by atoms with E-state index in [2.05, 4.69) is 10.0 Å². The molecule has 0 aliphatic carbocycles. The SMILES string of the molecule is COc1ccc(CCNS(=O)(=O)CCNC(=O)c2ccc(F)cc2)cc1OC. The lowest BCUT2D eigenvalue weighted by molar-refractivity contribution is 0.0956. The van der Waals surface area contributed by atoms with Crippen LogP contribution in [0.1, 0.15) is 15.9 Å². The molecule has 2 N–H and O–H groups in total. The summed E-state index contributed by atoms with van der Waals surface area (Å²) in [6.07, 6.45) is 0.474. The molecule has 0 bridgehead atoms. The van der Waals surface area contributed by atoms with E-state index in [4.69, 9.17) is 9.47 Å². The topological polar surface area (TPSA) is 93.7 Å². The molecule has 0 saturated carbocycles. The molecule has 0 atom stereocenters. The maximum absolute atomic E-state index is 12.8. The standard InChI is InChI=1S/C19H23FN2O5S/c1-26-17-8-3-14(13-18(17)27-2)9-10-22-28(24,25)12-11-21-19(23)15-4-6-16(20)7-5-15/h3-8,13,22H,9-12H2,1-2H3,(H,21,23). The van der Waals surface area contributed by atoms with Gasteiger partial charge >= 0.3 is 0 Å². The second-order valence-electron chi connectivity index (χ2n) is 5.92. The van der Waals surface area contributed by atoms with Crippen LogP contribution in [0, 0.1) is 5.82 Å². The molecule has 2 aromatic rings. The van der Waals surface area contributed by atoms with Crippen LogP contribution in [0.5, 0.6) is 11.5 Å². The van der Waals surface area contributed by atoms with E-state index in [1.165, 1.54) is 31.4 Å². The van der Waals surface area contributed by atoms with Crippen molar-refractivity contribution in [2.75, 3.05) is 33.1 Å². The van der Waals surface area contributed by atoms with Crippen molar-refractivity contribution in [3.8, 4) is 11.5 Å². The molecule has 9 heteroatoms. The van der Waals surface area contributed by atoms with Crippen molar-refractivity contribution < 1.29 is 27.1 Å². The van der Waals surface area contributed by atoms with Gasteiger partial charge in [0, 0.05) is 18.7 Å². The largest absolute Gasteiger partial charge is 0.493 e. The summed E-state index contributed by atoms with van der Waals surface area (Å²) in [6, 6.07) is 10.4. The van der Waals surface area contributed by atoms with E-state index in [1.807, 2.05) is 6.07 Å². The summed E-state index contributed by atoms with van der Waals surface area (Å²) < 4.78 is 49.8. The zero-order valence-electron chi connectivity index (χ0n) is 15.7. The zero-order chi connectivity index (χ0) is 20.6. The molecule has 0 saturated heterocycles. The number of rotatable bonds is 10. The Morgan fingerprint density at radius 1 is 1.00 bits per heavy atom. The Kier molecular flexibility index (Phi) is 7.77. The molecule has 0 aromatic heterocycles. The van der Waals surface area contributed by atoms with Crippen LogP contribution < -0.4 is 19.5 Å². The number of sulfonamides is 1. The monoisotopic (exact) mass is 410 g/mol. The van der Waals surface area contributed by atoms with E-state index < -0.39 is 21.7 Å². The highest BCUT2D eigenvalue weighted by molar-refractivity contribution is 7.89. The predicted octanol–water partition coefficient (Wildman–Crippen LogP) is 1.73. The van der Waals surface area contributed by atoms with E-state index in [-0.39, 0.29) is 24.4 Å². The van der Waals surface area contributed by atoms with Gasteiger partial charge in [-0.1, -0.05) is 6.07 Å². The third-order valence-corrected chi connectivity index (χ3v) is 5.33. The molecule has 0 spiro atoms. The lowest BCUT2D eigenvalue weighted by Gasteiger charge is -2.11. The van der Waals surface area contributed by atoms with Gasteiger partial charge in [-0.15, -0.1) is 0 Å². The number of halogens is 1. The van der Waals surface area contributed by atoms with Gasteiger partial charge in [-0.2, -0.15) is 0 Å². The third-order valence-electron chi connectivity index (χ3n) is 3.95. The fourth-order valence-corrected chi connectivity index (χ4v) is 3.39. The van der Waals surface area contributed by atoms with Gasteiger partial charge in [0.05, 0.1) is 20.0 Å². The first-order valence-electron chi connectivity index (χ1n) is 8.56. The second-order valence-corrected chi connectivity index (χ2v) is 7.84. The van der Waals surface area contributed by atoms with E-state index in [0.717, 1.165) is 5.56 Å². The summed E-state index contributed by atoms with van der Waals surface area (Å²) in [5, 5.41) is 2.50. The normalized spacial score (nSPS) is 11.1. The lowest BCUT2D eigenvalue weighted by atomic mass is 10.1. The first-order valence-corrected chi connectivity index (χ1v) is 10.2. The molecule has 0 aliphatic rings. The summed E-state index contributed by atoms with van der Waals surface area (Å²) in [5.74, 6) is 0.0136.